The molecule has 0 radical (unpaired) electrons. The number of aromatic nitrogens is 1. The lowest BCUT2D eigenvalue weighted by molar-refractivity contribution is 0.0455. The van der Waals surface area contributed by atoms with E-state index >= 15 is 0 Å². The zero-order chi connectivity index (χ0) is 14.2. The van der Waals surface area contributed by atoms with Gasteiger partial charge < -0.3 is 10.6 Å². The molecule has 2 N–H and O–H groups in total. The Labute approximate surface area is 118 Å². The largest absolute Gasteiger partial charge is 0.384 e. The number of amides is 1. The smallest absolute Gasteiger partial charge is 0.254 e. The minimum absolute atomic E-state index is 0.0121. The van der Waals surface area contributed by atoms with Gasteiger partial charge in [0.2, 0.25) is 0 Å². The SMILES string of the molecule is CC1CC(C)C(C)N(C(=O)c2cc(N)nc(Cl)c2)C1. The van der Waals surface area contributed by atoms with Gasteiger partial charge in [-0.15, -0.1) is 0 Å². The summed E-state index contributed by atoms with van der Waals surface area (Å²) in [6.45, 7) is 7.25. The molecule has 0 bridgehead atoms. The minimum Gasteiger partial charge on any atom is -0.384 e. The Hall–Kier alpha value is -1.29. The molecule has 1 saturated heterocycles. The van der Waals surface area contributed by atoms with E-state index in [1.165, 1.54) is 0 Å². The Morgan fingerprint density at radius 1 is 1.42 bits per heavy atom. The third-order valence-electron chi connectivity index (χ3n) is 3.92. The summed E-state index contributed by atoms with van der Waals surface area (Å²) in [6.07, 6.45) is 1.16. The van der Waals surface area contributed by atoms with E-state index < -0.39 is 0 Å². The number of hydrogen-bond acceptors (Lipinski definition) is 3. The molecule has 1 aromatic heterocycles. The topological polar surface area (TPSA) is 59.2 Å². The maximum Gasteiger partial charge on any atom is 0.254 e. The van der Waals surface area contributed by atoms with Crippen molar-refractivity contribution in [3.63, 3.8) is 0 Å². The van der Waals surface area contributed by atoms with Crippen LogP contribution in [0.2, 0.25) is 5.15 Å². The third-order valence-corrected chi connectivity index (χ3v) is 4.11. The van der Waals surface area contributed by atoms with E-state index in [4.69, 9.17) is 17.3 Å². The second-order valence-corrected chi connectivity index (χ2v) is 6.01. The van der Waals surface area contributed by atoms with Crippen LogP contribution in [-0.2, 0) is 0 Å². The van der Waals surface area contributed by atoms with Crippen molar-refractivity contribution < 1.29 is 4.79 Å². The molecule has 0 saturated carbocycles. The number of nitrogen functional groups attached to an aromatic ring is 1. The molecule has 1 aliphatic heterocycles. The monoisotopic (exact) mass is 281 g/mol. The van der Waals surface area contributed by atoms with Gasteiger partial charge in [-0.1, -0.05) is 25.4 Å². The van der Waals surface area contributed by atoms with Crippen LogP contribution in [0.3, 0.4) is 0 Å². The molecule has 19 heavy (non-hydrogen) atoms. The third kappa shape index (κ3) is 3.00. The van der Waals surface area contributed by atoms with E-state index in [0.717, 1.165) is 13.0 Å². The van der Waals surface area contributed by atoms with Crippen LogP contribution in [0.15, 0.2) is 12.1 Å². The molecule has 0 spiro atoms. The summed E-state index contributed by atoms with van der Waals surface area (Å²) in [7, 11) is 0. The second-order valence-electron chi connectivity index (χ2n) is 5.62. The van der Waals surface area contributed by atoms with Crippen molar-refractivity contribution in [2.45, 2.75) is 33.2 Å². The van der Waals surface area contributed by atoms with Gasteiger partial charge in [0.1, 0.15) is 11.0 Å². The molecule has 1 amide bonds. The average Bonchev–Trinajstić information content (AvgIpc) is 2.31. The lowest BCUT2D eigenvalue weighted by Crippen LogP contribution is -2.48. The fourth-order valence-corrected chi connectivity index (χ4v) is 3.00. The summed E-state index contributed by atoms with van der Waals surface area (Å²) in [4.78, 5) is 18.4. The Balaban J connectivity index is 2.27. The fraction of sp³-hybridized carbons (Fsp3) is 0.571. The first-order valence-electron chi connectivity index (χ1n) is 6.62. The van der Waals surface area contributed by atoms with Gasteiger partial charge in [-0.3, -0.25) is 4.79 Å². The van der Waals surface area contributed by atoms with E-state index in [-0.39, 0.29) is 22.9 Å². The molecule has 1 fully saturated rings. The highest BCUT2D eigenvalue weighted by molar-refractivity contribution is 6.29. The molecular weight excluding hydrogens is 262 g/mol. The number of pyridine rings is 1. The number of rotatable bonds is 1. The van der Waals surface area contributed by atoms with Crippen LogP contribution in [0.1, 0.15) is 37.6 Å². The minimum atomic E-state index is -0.0121. The normalized spacial score (nSPS) is 27.4. The van der Waals surface area contributed by atoms with E-state index in [1.54, 1.807) is 12.1 Å². The van der Waals surface area contributed by atoms with Gasteiger partial charge in [0.15, 0.2) is 0 Å². The standard InChI is InChI=1S/C14H20ClN3O/c1-8-4-9(2)10(3)18(7-8)14(19)11-5-12(15)17-13(16)6-11/h5-6,8-10H,4,7H2,1-3H3,(H2,16,17). The molecule has 3 unspecified atom stereocenters. The van der Waals surface area contributed by atoms with Gasteiger partial charge in [0, 0.05) is 18.2 Å². The molecule has 2 rings (SSSR count). The number of carbonyl (C=O) groups excluding carboxylic acids is 1. The van der Waals surface area contributed by atoms with E-state index in [0.29, 0.717) is 17.4 Å². The number of likely N-dealkylation sites (tertiary alicyclic amines) is 1. The van der Waals surface area contributed by atoms with Crippen LogP contribution in [0, 0.1) is 11.8 Å². The predicted molar refractivity (Wildman–Crippen MR) is 77.1 cm³/mol. The molecule has 0 aromatic carbocycles. The second kappa shape index (κ2) is 5.37. The maximum absolute atomic E-state index is 12.6. The zero-order valence-corrected chi connectivity index (χ0v) is 12.3. The first-order valence-corrected chi connectivity index (χ1v) is 7.00. The molecule has 1 aliphatic rings. The van der Waals surface area contributed by atoms with E-state index in [2.05, 4.69) is 25.8 Å². The van der Waals surface area contributed by atoms with Crippen molar-refractivity contribution in [1.29, 1.82) is 0 Å². The number of carbonyl (C=O) groups is 1. The van der Waals surface area contributed by atoms with E-state index in [9.17, 15) is 4.79 Å². The van der Waals surface area contributed by atoms with E-state index in [1.807, 2.05) is 4.90 Å². The van der Waals surface area contributed by atoms with Crippen LogP contribution in [0.25, 0.3) is 0 Å². The Kier molecular flexibility index (Phi) is 3.99. The van der Waals surface area contributed by atoms with Gasteiger partial charge in [-0.2, -0.15) is 0 Å². The predicted octanol–water partition coefficient (Wildman–Crippen LogP) is 2.82. The highest BCUT2D eigenvalue weighted by Gasteiger charge is 2.32. The summed E-state index contributed by atoms with van der Waals surface area (Å²) in [5.41, 5.74) is 6.17. The highest BCUT2D eigenvalue weighted by Crippen LogP contribution is 2.28. The number of anilines is 1. The Bertz CT molecular complexity index is 471. The molecule has 2 heterocycles. The van der Waals surface area contributed by atoms with Crippen LogP contribution in [0.4, 0.5) is 5.82 Å². The van der Waals surface area contributed by atoms with Crippen molar-refractivity contribution >= 4 is 23.3 Å². The maximum atomic E-state index is 12.6. The summed E-state index contributed by atoms with van der Waals surface area (Å²) >= 11 is 5.86. The Morgan fingerprint density at radius 2 is 2.11 bits per heavy atom. The van der Waals surface area contributed by atoms with Crippen LogP contribution < -0.4 is 5.73 Å². The van der Waals surface area contributed by atoms with Crippen molar-refractivity contribution in [3.8, 4) is 0 Å². The summed E-state index contributed by atoms with van der Waals surface area (Å²) in [5.74, 6) is 1.29. The Morgan fingerprint density at radius 3 is 2.74 bits per heavy atom. The van der Waals surface area contributed by atoms with Gasteiger partial charge in [-0.05, 0) is 37.3 Å². The van der Waals surface area contributed by atoms with Crippen LogP contribution in [-0.4, -0.2) is 28.4 Å². The molecule has 104 valence electrons. The highest BCUT2D eigenvalue weighted by atomic mass is 35.5. The lowest BCUT2D eigenvalue weighted by Gasteiger charge is -2.41. The summed E-state index contributed by atoms with van der Waals surface area (Å²) < 4.78 is 0. The van der Waals surface area contributed by atoms with Crippen molar-refractivity contribution in [3.05, 3.63) is 22.8 Å². The fourth-order valence-electron chi connectivity index (χ4n) is 2.79. The molecule has 3 atom stereocenters. The lowest BCUT2D eigenvalue weighted by atomic mass is 9.85. The van der Waals surface area contributed by atoms with Crippen molar-refractivity contribution in [2.24, 2.45) is 11.8 Å². The molecule has 4 nitrogen and oxygen atoms in total. The van der Waals surface area contributed by atoms with Crippen LogP contribution in [0.5, 0.6) is 0 Å². The first-order chi connectivity index (χ1) is 8.88. The summed E-state index contributed by atoms with van der Waals surface area (Å²) in [5, 5.41) is 0.258. The molecule has 1 aromatic rings. The summed E-state index contributed by atoms with van der Waals surface area (Å²) in [6, 6.07) is 3.40. The molecular formula is C14H20ClN3O. The number of hydrogen-bond donors (Lipinski definition) is 1. The van der Waals surface area contributed by atoms with Crippen molar-refractivity contribution in [1.82, 2.24) is 9.88 Å². The quantitative estimate of drug-likeness (QED) is 0.805. The van der Waals surface area contributed by atoms with Crippen molar-refractivity contribution in [2.75, 3.05) is 12.3 Å². The molecule has 0 aliphatic carbocycles. The number of halogens is 1. The molecule has 5 heteroatoms. The number of piperidine rings is 1. The average molecular weight is 282 g/mol. The van der Waals surface area contributed by atoms with Gasteiger partial charge in [0.25, 0.3) is 5.91 Å². The zero-order valence-electron chi connectivity index (χ0n) is 11.6. The number of nitrogens with two attached hydrogens (primary N) is 1. The number of nitrogens with zero attached hydrogens (tertiary/aromatic N) is 2. The van der Waals surface area contributed by atoms with Crippen LogP contribution >= 0.6 is 11.6 Å². The van der Waals surface area contributed by atoms with Gasteiger partial charge >= 0.3 is 0 Å². The first kappa shape index (κ1) is 14.1. The van der Waals surface area contributed by atoms with Gasteiger partial charge in [0.05, 0.1) is 0 Å². The van der Waals surface area contributed by atoms with Gasteiger partial charge in [-0.25, -0.2) is 4.98 Å².